The quantitative estimate of drug-likeness (QED) is 0.720. The summed E-state index contributed by atoms with van der Waals surface area (Å²) in [5.41, 5.74) is 0. The van der Waals surface area contributed by atoms with Crippen LogP contribution in [0.5, 0.6) is 5.75 Å². The summed E-state index contributed by atoms with van der Waals surface area (Å²) in [4.78, 5) is 5.59. The molecular weight excluding hydrogens is 186 g/mol. The molecule has 0 aliphatic heterocycles. The molecule has 1 aromatic heterocycles. The number of phenols is 1. The molecule has 0 saturated heterocycles. The van der Waals surface area contributed by atoms with Gasteiger partial charge >= 0.3 is 0 Å². The summed E-state index contributed by atoms with van der Waals surface area (Å²) in [7, 11) is 0. The van der Waals surface area contributed by atoms with Gasteiger partial charge in [-0.1, -0.05) is 0 Å². The lowest BCUT2D eigenvalue weighted by Crippen LogP contribution is -1.96. The normalized spacial score (nSPS) is 10.8. The second-order valence-electron chi connectivity index (χ2n) is 2.75. The topological polar surface area (TPSA) is 55.5 Å². The van der Waals surface area contributed by atoms with Crippen molar-refractivity contribution in [3.63, 3.8) is 0 Å². The molecule has 0 saturated carbocycles. The predicted octanol–water partition coefficient (Wildman–Crippen LogP) is 2.00. The average molecular weight is 195 g/mol. The van der Waals surface area contributed by atoms with E-state index in [9.17, 15) is 5.11 Å². The summed E-state index contributed by atoms with van der Waals surface area (Å²) >= 11 is 1.61. The van der Waals surface area contributed by atoms with E-state index in [1.54, 1.807) is 23.5 Å². The van der Waals surface area contributed by atoms with Gasteiger partial charge in [0, 0.05) is 9.58 Å². The Balaban J connectivity index is 2.49. The van der Waals surface area contributed by atoms with Crippen molar-refractivity contribution >= 4 is 21.4 Å². The van der Waals surface area contributed by atoms with E-state index in [0.717, 1.165) is 15.0 Å². The Morgan fingerprint density at radius 1 is 1.38 bits per heavy atom. The van der Waals surface area contributed by atoms with Crippen molar-refractivity contribution < 1.29 is 9.94 Å². The number of fused-ring (bicyclic) bond motifs is 1. The molecule has 2 rings (SSSR count). The first kappa shape index (κ1) is 8.50. The maximum atomic E-state index is 9.22. The minimum Gasteiger partial charge on any atom is -0.508 e. The summed E-state index contributed by atoms with van der Waals surface area (Å²) < 4.78 is 1.13. The fourth-order valence-electron chi connectivity index (χ4n) is 1.24. The molecule has 68 valence electrons. The third-order valence-electron chi connectivity index (χ3n) is 1.78. The second-order valence-corrected chi connectivity index (χ2v) is 3.91. The number of thiophene rings is 1. The molecule has 3 nitrogen and oxygen atoms in total. The van der Waals surface area contributed by atoms with Gasteiger partial charge in [-0.15, -0.1) is 11.3 Å². The van der Waals surface area contributed by atoms with E-state index in [-0.39, 0.29) is 5.75 Å². The summed E-state index contributed by atoms with van der Waals surface area (Å²) in [6.45, 7) is 0.417. The van der Waals surface area contributed by atoms with Crippen LogP contribution < -0.4 is 5.90 Å². The molecule has 0 fully saturated rings. The van der Waals surface area contributed by atoms with Crippen LogP contribution in [0.2, 0.25) is 0 Å². The number of nitrogens with two attached hydrogens (primary N) is 1. The van der Waals surface area contributed by atoms with Crippen LogP contribution in [0.1, 0.15) is 4.88 Å². The molecule has 0 radical (unpaired) electrons. The fraction of sp³-hybridized carbons (Fsp3) is 0.111. The molecular formula is C9H9NO2S. The van der Waals surface area contributed by atoms with Gasteiger partial charge in [0.1, 0.15) is 12.4 Å². The highest BCUT2D eigenvalue weighted by atomic mass is 32.1. The standard InChI is InChI=1S/C9H9NO2S/c10-12-5-8-4-6-3-7(11)1-2-9(6)13-8/h1-4,11H,5,10H2. The lowest BCUT2D eigenvalue weighted by Gasteiger charge is -1.89. The summed E-state index contributed by atoms with van der Waals surface area (Å²) in [6.07, 6.45) is 0. The summed E-state index contributed by atoms with van der Waals surface area (Å²) in [5.74, 6) is 5.25. The van der Waals surface area contributed by atoms with Crippen molar-refractivity contribution in [3.05, 3.63) is 29.1 Å². The first-order chi connectivity index (χ1) is 6.29. The SMILES string of the molecule is NOCc1cc2cc(O)ccc2s1. The third kappa shape index (κ3) is 1.65. The van der Waals surface area contributed by atoms with Crippen molar-refractivity contribution in [2.45, 2.75) is 6.61 Å². The second kappa shape index (κ2) is 3.33. The summed E-state index contributed by atoms with van der Waals surface area (Å²) in [6, 6.07) is 7.25. The highest BCUT2D eigenvalue weighted by Crippen LogP contribution is 2.28. The van der Waals surface area contributed by atoms with Crippen LogP contribution in [0.15, 0.2) is 24.3 Å². The maximum absolute atomic E-state index is 9.22. The highest BCUT2D eigenvalue weighted by Gasteiger charge is 2.01. The monoisotopic (exact) mass is 195 g/mol. The number of benzene rings is 1. The largest absolute Gasteiger partial charge is 0.508 e. The van der Waals surface area contributed by atoms with Crippen molar-refractivity contribution in [2.24, 2.45) is 5.90 Å². The van der Waals surface area contributed by atoms with Crippen molar-refractivity contribution in [1.29, 1.82) is 0 Å². The van der Waals surface area contributed by atoms with Crippen molar-refractivity contribution in [2.75, 3.05) is 0 Å². The molecule has 3 N–H and O–H groups in total. The van der Waals surface area contributed by atoms with Gasteiger partial charge in [-0.25, -0.2) is 5.90 Å². The molecule has 2 aromatic rings. The first-order valence-corrected chi connectivity index (χ1v) is 4.64. The van der Waals surface area contributed by atoms with E-state index in [4.69, 9.17) is 5.90 Å². The molecule has 0 amide bonds. The van der Waals surface area contributed by atoms with Crippen LogP contribution in [0.4, 0.5) is 0 Å². The van der Waals surface area contributed by atoms with E-state index in [2.05, 4.69) is 4.84 Å². The van der Waals surface area contributed by atoms with Gasteiger partial charge in [-0.2, -0.15) is 0 Å². The van der Waals surface area contributed by atoms with Crippen LogP contribution >= 0.6 is 11.3 Å². The van der Waals surface area contributed by atoms with E-state index in [1.807, 2.05) is 12.1 Å². The molecule has 1 heterocycles. The Morgan fingerprint density at radius 2 is 2.23 bits per heavy atom. The number of rotatable bonds is 2. The van der Waals surface area contributed by atoms with E-state index >= 15 is 0 Å². The number of hydrogen-bond donors (Lipinski definition) is 2. The molecule has 0 aliphatic rings. The van der Waals surface area contributed by atoms with Crippen molar-refractivity contribution in [1.82, 2.24) is 0 Å². The highest BCUT2D eigenvalue weighted by molar-refractivity contribution is 7.19. The van der Waals surface area contributed by atoms with Crippen LogP contribution in [0, 0.1) is 0 Å². The van der Waals surface area contributed by atoms with Crippen LogP contribution in [-0.4, -0.2) is 5.11 Å². The Hall–Kier alpha value is -1.10. The van der Waals surface area contributed by atoms with E-state index in [0.29, 0.717) is 6.61 Å². The van der Waals surface area contributed by atoms with Gasteiger partial charge < -0.3 is 5.11 Å². The zero-order valence-corrected chi connectivity index (χ0v) is 7.67. The smallest absolute Gasteiger partial charge is 0.116 e. The van der Waals surface area contributed by atoms with Crippen LogP contribution in [-0.2, 0) is 11.4 Å². The van der Waals surface area contributed by atoms with Gasteiger partial charge in [0.05, 0.1) is 0 Å². The minimum atomic E-state index is 0.283. The van der Waals surface area contributed by atoms with Gasteiger partial charge in [0.15, 0.2) is 0 Å². The molecule has 0 unspecified atom stereocenters. The number of hydrogen-bond acceptors (Lipinski definition) is 4. The van der Waals surface area contributed by atoms with E-state index in [1.165, 1.54) is 0 Å². The zero-order valence-electron chi connectivity index (χ0n) is 6.86. The molecule has 4 heteroatoms. The fourth-order valence-corrected chi connectivity index (χ4v) is 2.21. The molecule has 13 heavy (non-hydrogen) atoms. The maximum Gasteiger partial charge on any atom is 0.116 e. The average Bonchev–Trinajstić information content (AvgIpc) is 2.46. The van der Waals surface area contributed by atoms with Crippen LogP contribution in [0.25, 0.3) is 10.1 Å². The molecule has 1 aromatic carbocycles. The Labute approximate surface area is 79.3 Å². The third-order valence-corrected chi connectivity index (χ3v) is 2.87. The molecule has 0 spiro atoms. The molecule has 0 aliphatic carbocycles. The Bertz CT molecular complexity index is 424. The van der Waals surface area contributed by atoms with Crippen molar-refractivity contribution in [3.8, 4) is 5.75 Å². The number of aromatic hydroxyl groups is 1. The Morgan fingerprint density at radius 3 is 3.00 bits per heavy atom. The Kier molecular flexibility index (Phi) is 2.18. The zero-order chi connectivity index (χ0) is 9.26. The molecule has 0 atom stereocenters. The lowest BCUT2D eigenvalue weighted by molar-refractivity contribution is 0.126. The van der Waals surface area contributed by atoms with Gasteiger partial charge in [0.2, 0.25) is 0 Å². The van der Waals surface area contributed by atoms with Gasteiger partial charge in [0.25, 0.3) is 0 Å². The molecule has 0 bridgehead atoms. The lowest BCUT2D eigenvalue weighted by atomic mass is 10.2. The summed E-state index contributed by atoms with van der Waals surface area (Å²) in [5, 5.41) is 10.2. The van der Waals surface area contributed by atoms with Gasteiger partial charge in [-0.05, 0) is 29.7 Å². The van der Waals surface area contributed by atoms with Gasteiger partial charge in [-0.3, -0.25) is 4.84 Å². The predicted molar refractivity (Wildman–Crippen MR) is 52.5 cm³/mol. The van der Waals surface area contributed by atoms with Crippen LogP contribution in [0.3, 0.4) is 0 Å². The number of phenolic OH excluding ortho intramolecular Hbond substituents is 1. The van der Waals surface area contributed by atoms with E-state index < -0.39 is 0 Å². The minimum absolute atomic E-state index is 0.283. The first-order valence-electron chi connectivity index (χ1n) is 3.83.